The van der Waals surface area contributed by atoms with Crippen LogP contribution < -0.4 is 15.4 Å². The molecular formula is C31H37FN6O7. The minimum Gasteiger partial charge on any atom is -0.472 e. The van der Waals surface area contributed by atoms with E-state index in [-0.39, 0.29) is 50.4 Å². The van der Waals surface area contributed by atoms with Crippen LogP contribution in [-0.2, 0) is 23.9 Å². The van der Waals surface area contributed by atoms with E-state index in [1.54, 1.807) is 32.9 Å². The van der Waals surface area contributed by atoms with Gasteiger partial charge in [-0.05, 0) is 54.1 Å². The molecule has 2 aliphatic carbocycles. The van der Waals surface area contributed by atoms with Gasteiger partial charge in [0.15, 0.2) is 17.7 Å². The topological polar surface area (TPSA) is 163 Å². The molecular weight excluding hydrogens is 587 g/mol. The van der Waals surface area contributed by atoms with Crippen LogP contribution in [0.25, 0.3) is 0 Å². The number of halogens is 1. The number of alkyl carbamates (subject to hydrolysis) is 1. The standard InChI is InChI=1S/C31H37FN6O7/c1-30(2,3)24(35-29(42)44-17-12-43-13-17)27(40)37-11-19-15-7-18(20(32)8-15)22(19)23(37)26(39)38-14-31(9-16(38)10-33)28(41)36-25-21(45-31)5-4-6-34-25/h4-6,15-20,22-24H,7-9,11-14H2,1-3H3,(H,35,42)(H,34,36,41). The molecule has 5 heterocycles. The number of nitrogens with zero attached hydrogens (tertiary/aromatic N) is 4. The number of aromatic nitrogens is 1. The van der Waals surface area contributed by atoms with Crippen LogP contribution in [0.15, 0.2) is 18.3 Å². The number of nitrogens with one attached hydrogen (secondary N) is 2. The number of carbonyl (C=O) groups excluding carboxylic acids is 4. The van der Waals surface area contributed by atoms with Crippen molar-refractivity contribution >= 4 is 29.6 Å². The van der Waals surface area contributed by atoms with Gasteiger partial charge in [-0.2, -0.15) is 5.26 Å². The Balaban J connectivity index is 1.19. The number of amides is 4. The summed E-state index contributed by atoms with van der Waals surface area (Å²) < 4.78 is 31.8. The van der Waals surface area contributed by atoms with Gasteiger partial charge in [-0.1, -0.05) is 20.8 Å². The summed E-state index contributed by atoms with van der Waals surface area (Å²) in [6.45, 7) is 5.99. The van der Waals surface area contributed by atoms with Gasteiger partial charge in [0.05, 0.1) is 25.8 Å². The number of pyridine rings is 1. The van der Waals surface area contributed by atoms with Gasteiger partial charge in [-0.15, -0.1) is 0 Å². The van der Waals surface area contributed by atoms with Crippen molar-refractivity contribution in [1.82, 2.24) is 20.1 Å². The Morgan fingerprint density at radius 1 is 1.24 bits per heavy atom. The molecule has 7 rings (SSSR count). The normalized spacial score (nSPS) is 35.5. The average molecular weight is 625 g/mol. The molecule has 9 atom stereocenters. The van der Waals surface area contributed by atoms with Crippen LogP contribution in [0.1, 0.15) is 40.0 Å². The molecule has 2 saturated carbocycles. The summed E-state index contributed by atoms with van der Waals surface area (Å²) in [5, 5.41) is 15.6. The maximum atomic E-state index is 15.3. The lowest BCUT2D eigenvalue weighted by Crippen LogP contribution is -2.60. The van der Waals surface area contributed by atoms with Gasteiger partial charge in [0.1, 0.15) is 24.3 Å². The number of nitriles is 1. The van der Waals surface area contributed by atoms with Crippen LogP contribution in [0.3, 0.4) is 0 Å². The number of hydrogen-bond donors (Lipinski definition) is 2. The average Bonchev–Trinajstić information content (AvgIpc) is 3.72. The van der Waals surface area contributed by atoms with E-state index in [9.17, 15) is 24.4 Å². The van der Waals surface area contributed by atoms with Crippen LogP contribution in [0, 0.1) is 40.4 Å². The van der Waals surface area contributed by atoms with Crippen molar-refractivity contribution in [3.05, 3.63) is 18.3 Å². The van der Waals surface area contributed by atoms with Crippen molar-refractivity contribution in [2.24, 2.45) is 29.1 Å². The van der Waals surface area contributed by atoms with E-state index in [2.05, 4.69) is 21.7 Å². The number of carbonyl (C=O) groups is 4. The largest absolute Gasteiger partial charge is 0.472 e. The first kappa shape index (κ1) is 29.7. The van der Waals surface area contributed by atoms with Crippen LogP contribution in [0.2, 0.25) is 0 Å². The van der Waals surface area contributed by atoms with E-state index in [0.717, 1.165) is 0 Å². The molecule has 13 nitrogen and oxygen atoms in total. The third kappa shape index (κ3) is 4.78. The smallest absolute Gasteiger partial charge is 0.408 e. The van der Waals surface area contributed by atoms with Gasteiger partial charge < -0.3 is 34.6 Å². The summed E-state index contributed by atoms with van der Waals surface area (Å²) in [6.07, 6.45) is 0.214. The van der Waals surface area contributed by atoms with Crippen LogP contribution in [0.5, 0.6) is 5.75 Å². The van der Waals surface area contributed by atoms with Crippen molar-refractivity contribution in [2.75, 3.05) is 31.6 Å². The molecule has 0 radical (unpaired) electrons. The predicted molar refractivity (Wildman–Crippen MR) is 153 cm³/mol. The van der Waals surface area contributed by atoms with Gasteiger partial charge in [0.2, 0.25) is 17.4 Å². The van der Waals surface area contributed by atoms with E-state index >= 15 is 4.39 Å². The molecule has 1 aromatic rings. The zero-order valence-electron chi connectivity index (χ0n) is 25.4. The van der Waals surface area contributed by atoms with E-state index in [4.69, 9.17) is 14.2 Å². The molecule has 5 fully saturated rings. The minimum absolute atomic E-state index is 0.0286. The van der Waals surface area contributed by atoms with Crippen molar-refractivity contribution in [1.29, 1.82) is 5.26 Å². The first-order valence-electron chi connectivity index (χ1n) is 15.6. The highest BCUT2D eigenvalue weighted by atomic mass is 19.1. The SMILES string of the molecule is CC(C)(C)C(NC(=O)OC1COC1)C(=O)N1CC2C3CC(F)C(C3)C2C1C(=O)N1CC2(CC1C#N)Oc1cccnc1NC2=O. The maximum Gasteiger partial charge on any atom is 0.408 e. The number of ether oxygens (including phenoxy) is 3. The first-order chi connectivity index (χ1) is 21.4. The monoisotopic (exact) mass is 624 g/mol. The second-order valence-electron chi connectivity index (χ2n) is 14.3. The van der Waals surface area contributed by atoms with Crippen LogP contribution >= 0.6 is 0 Å². The summed E-state index contributed by atoms with van der Waals surface area (Å²) in [7, 11) is 0. The number of rotatable bonds is 4. The molecule has 0 aromatic carbocycles. The molecule has 6 aliphatic rings. The minimum atomic E-state index is -1.53. The number of anilines is 1. The van der Waals surface area contributed by atoms with Gasteiger partial charge in [0, 0.05) is 19.2 Å². The van der Waals surface area contributed by atoms with E-state index < -0.39 is 77.1 Å². The fraction of sp³-hybridized carbons (Fsp3) is 0.677. The van der Waals surface area contributed by atoms with Gasteiger partial charge in [0.25, 0.3) is 5.91 Å². The lowest BCUT2D eigenvalue weighted by atomic mass is 9.77. The number of hydrogen-bond acceptors (Lipinski definition) is 9. The summed E-state index contributed by atoms with van der Waals surface area (Å²) in [4.78, 5) is 62.1. The molecule has 1 spiro atoms. The zero-order chi connectivity index (χ0) is 31.8. The molecule has 2 bridgehead atoms. The second kappa shape index (κ2) is 10.5. The maximum absolute atomic E-state index is 15.3. The summed E-state index contributed by atoms with van der Waals surface area (Å²) >= 11 is 0. The summed E-state index contributed by atoms with van der Waals surface area (Å²) in [5.74, 6) is -1.84. The molecule has 3 saturated heterocycles. The van der Waals surface area contributed by atoms with Gasteiger partial charge >= 0.3 is 6.09 Å². The fourth-order valence-corrected chi connectivity index (χ4v) is 8.32. The molecule has 1 aromatic heterocycles. The van der Waals surface area contributed by atoms with Crippen LogP contribution in [-0.4, -0.2) is 101 Å². The Kier molecular flexibility index (Phi) is 6.96. The molecule has 9 unspecified atom stereocenters. The molecule has 45 heavy (non-hydrogen) atoms. The first-order valence-corrected chi connectivity index (χ1v) is 15.6. The Hall–Kier alpha value is -3.99. The molecule has 4 aliphatic heterocycles. The van der Waals surface area contributed by atoms with Gasteiger partial charge in [-0.3, -0.25) is 14.4 Å². The number of alkyl halides is 1. The number of likely N-dealkylation sites (tertiary alicyclic amines) is 2. The number of fused-ring (bicyclic) bond motifs is 6. The van der Waals surface area contributed by atoms with E-state index in [1.807, 2.05) is 0 Å². The Bertz CT molecular complexity index is 1470. The third-order valence-corrected chi connectivity index (χ3v) is 10.5. The highest BCUT2D eigenvalue weighted by Crippen LogP contribution is 2.59. The lowest BCUT2D eigenvalue weighted by Gasteiger charge is -2.39. The molecule has 14 heteroatoms. The van der Waals surface area contributed by atoms with Crippen molar-refractivity contribution in [3.8, 4) is 11.8 Å². The summed E-state index contributed by atoms with van der Waals surface area (Å²) in [6, 6.07) is 2.32. The summed E-state index contributed by atoms with van der Waals surface area (Å²) in [5.41, 5.74) is -2.29. The van der Waals surface area contributed by atoms with E-state index in [0.29, 0.717) is 18.6 Å². The van der Waals surface area contributed by atoms with Crippen molar-refractivity contribution < 1.29 is 37.8 Å². The highest BCUT2D eigenvalue weighted by Gasteiger charge is 2.65. The third-order valence-electron chi connectivity index (χ3n) is 10.5. The Morgan fingerprint density at radius 2 is 2.02 bits per heavy atom. The predicted octanol–water partition coefficient (Wildman–Crippen LogP) is 1.64. The zero-order valence-corrected chi connectivity index (χ0v) is 25.4. The van der Waals surface area contributed by atoms with Crippen molar-refractivity contribution in [2.45, 2.75) is 76.0 Å². The fourth-order valence-electron chi connectivity index (χ4n) is 8.32. The molecule has 240 valence electrons. The second-order valence-corrected chi connectivity index (χ2v) is 14.3. The Labute approximate surface area is 259 Å². The Morgan fingerprint density at radius 3 is 2.71 bits per heavy atom. The van der Waals surface area contributed by atoms with E-state index in [1.165, 1.54) is 16.0 Å². The highest BCUT2D eigenvalue weighted by molar-refractivity contribution is 6.01. The van der Waals surface area contributed by atoms with Crippen molar-refractivity contribution in [3.63, 3.8) is 0 Å². The lowest BCUT2D eigenvalue weighted by molar-refractivity contribution is -0.149. The van der Waals surface area contributed by atoms with Gasteiger partial charge in [-0.25, -0.2) is 14.2 Å². The molecule has 4 amide bonds. The quantitative estimate of drug-likeness (QED) is 0.507. The van der Waals surface area contributed by atoms with Crippen LogP contribution in [0.4, 0.5) is 15.0 Å². The molecule has 2 N–H and O–H groups in total.